The van der Waals surface area contributed by atoms with Gasteiger partial charge in [0, 0.05) is 6.54 Å². The number of alkyl halides is 3. The molecule has 2 rings (SSSR count). The number of anilines is 2. The lowest BCUT2D eigenvalue weighted by atomic mass is 10.1. The molecule has 6 nitrogen and oxygen atoms in total. The first-order valence-corrected chi connectivity index (χ1v) is 7.31. The van der Waals surface area contributed by atoms with Crippen molar-refractivity contribution in [1.82, 2.24) is 4.90 Å². The van der Waals surface area contributed by atoms with Gasteiger partial charge in [0.15, 0.2) is 0 Å². The molecule has 0 fully saturated rings. The maximum Gasteiger partial charge on any atom is 0.409 e. The van der Waals surface area contributed by atoms with Crippen LogP contribution in [0.2, 0.25) is 0 Å². The highest BCUT2D eigenvalue weighted by Crippen LogP contribution is 2.37. The Morgan fingerprint density at radius 3 is 2.71 bits per heavy atom. The number of aliphatic hydroxyl groups excluding tert-OH is 1. The van der Waals surface area contributed by atoms with E-state index in [0.717, 1.165) is 0 Å². The third-order valence-electron chi connectivity index (χ3n) is 3.66. The highest BCUT2D eigenvalue weighted by molar-refractivity contribution is 6.05. The van der Waals surface area contributed by atoms with Gasteiger partial charge in [-0.25, -0.2) is 0 Å². The molecular formula is C15H18F3N3O3. The van der Waals surface area contributed by atoms with Gasteiger partial charge in [0.2, 0.25) is 11.8 Å². The van der Waals surface area contributed by atoms with Crippen molar-refractivity contribution in [3.05, 3.63) is 24.3 Å². The van der Waals surface area contributed by atoms with Crippen LogP contribution in [0.15, 0.2) is 24.3 Å². The van der Waals surface area contributed by atoms with Crippen molar-refractivity contribution < 1.29 is 27.9 Å². The summed E-state index contributed by atoms with van der Waals surface area (Å²) < 4.78 is 40.4. The van der Waals surface area contributed by atoms with Gasteiger partial charge in [0.05, 0.1) is 30.9 Å². The second kappa shape index (κ2) is 7.18. The van der Waals surface area contributed by atoms with Crippen molar-refractivity contribution in [2.24, 2.45) is 0 Å². The number of carbonyl (C=O) groups is 2. The number of benzene rings is 1. The zero-order chi connectivity index (χ0) is 17.9. The van der Waals surface area contributed by atoms with Crippen LogP contribution >= 0.6 is 0 Å². The number of para-hydroxylation sites is 2. The van der Waals surface area contributed by atoms with E-state index in [1.54, 1.807) is 6.07 Å². The molecule has 1 atom stereocenters. The summed E-state index contributed by atoms with van der Waals surface area (Å²) in [6, 6.07) is 3.64. The van der Waals surface area contributed by atoms with E-state index in [1.807, 2.05) is 0 Å². The largest absolute Gasteiger partial charge is 0.409 e. The number of nitrogens with zero attached hydrogens (tertiary/aromatic N) is 2. The third-order valence-corrected chi connectivity index (χ3v) is 3.66. The Morgan fingerprint density at radius 2 is 2.08 bits per heavy atom. The molecule has 2 amide bonds. The average molecular weight is 345 g/mol. The molecule has 132 valence electrons. The minimum absolute atomic E-state index is 0.00748. The summed E-state index contributed by atoms with van der Waals surface area (Å²) in [6.45, 7) is -0.381. The Morgan fingerprint density at radius 1 is 1.42 bits per heavy atom. The fourth-order valence-electron chi connectivity index (χ4n) is 2.55. The van der Waals surface area contributed by atoms with E-state index < -0.39 is 30.5 Å². The first kappa shape index (κ1) is 18.2. The minimum atomic E-state index is -4.75. The number of hydrogen-bond donors (Lipinski definition) is 2. The summed E-state index contributed by atoms with van der Waals surface area (Å²) in [5, 5.41) is 11.3. The Bertz CT molecular complexity index is 621. The number of halogens is 3. The molecule has 1 aliphatic rings. The molecule has 9 heteroatoms. The van der Waals surface area contributed by atoms with E-state index in [1.165, 1.54) is 30.1 Å². The predicted octanol–water partition coefficient (Wildman–Crippen LogP) is 1.22. The van der Waals surface area contributed by atoms with Crippen LogP contribution in [0.4, 0.5) is 24.5 Å². The number of hydrogen-bond acceptors (Lipinski definition) is 4. The number of fused-ring (bicyclic) bond motifs is 1. The van der Waals surface area contributed by atoms with Crippen LogP contribution in [0, 0.1) is 0 Å². The predicted molar refractivity (Wildman–Crippen MR) is 81.6 cm³/mol. The van der Waals surface area contributed by atoms with Crippen molar-refractivity contribution in [3.63, 3.8) is 0 Å². The van der Waals surface area contributed by atoms with Gasteiger partial charge in [-0.15, -0.1) is 0 Å². The number of carbonyl (C=O) groups excluding carboxylic acids is 2. The van der Waals surface area contributed by atoms with Gasteiger partial charge in [-0.1, -0.05) is 12.1 Å². The molecule has 1 aromatic carbocycles. The van der Waals surface area contributed by atoms with E-state index in [-0.39, 0.29) is 31.1 Å². The molecule has 0 aromatic heterocycles. The summed E-state index contributed by atoms with van der Waals surface area (Å²) in [6.07, 6.45) is -5.62. The SMILES string of the molecule is CN(CCO)CC(=O)N1c2ccccc2NC(=O)C[C@@H]1C(F)(F)F. The Kier molecular flexibility index (Phi) is 5.45. The third kappa shape index (κ3) is 4.04. The second-order valence-corrected chi connectivity index (χ2v) is 5.55. The van der Waals surface area contributed by atoms with Gasteiger partial charge in [-0.05, 0) is 19.2 Å². The molecule has 0 spiro atoms. The van der Waals surface area contributed by atoms with E-state index in [9.17, 15) is 22.8 Å². The molecule has 24 heavy (non-hydrogen) atoms. The maximum absolute atomic E-state index is 13.5. The summed E-state index contributed by atoms with van der Waals surface area (Å²) in [4.78, 5) is 26.4. The average Bonchev–Trinajstić information content (AvgIpc) is 2.62. The smallest absolute Gasteiger partial charge is 0.395 e. The lowest BCUT2D eigenvalue weighted by molar-refractivity contribution is -0.158. The molecule has 0 aliphatic carbocycles. The van der Waals surface area contributed by atoms with Crippen molar-refractivity contribution >= 4 is 23.2 Å². The van der Waals surface area contributed by atoms with Crippen LogP contribution in [0.5, 0.6) is 0 Å². The molecule has 1 aromatic rings. The summed E-state index contributed by atoms with van der Waals surface area (Å²) in [5.41, 5.74) is 0.167. The van der Waals surface area contributed by atoms with Gasteiger partial charge >= 0.3 is 6.18 Å². The van der Waals surface area contributed by atoms with Crippen LogP contribution in [0.3, 0.4) is 0 Å². The normalized spacial score (nSPS) is 18.2. The standard InChI is InChI=1S/C15H18F3N3O3/c1-20(6-7-22)9-14(24)21-11-5-3-2-4-10(11)19-13(23)8-12(21)15(16,17)18/h2-5,12,22H,6-9H2,1H3,(H,19,23)/t12-/m1/s1. The maximum atomic E-state index is 13.5. The van der Waals surface area contributed by atoms with Crippen LogP contribution in [0.25, 0.3) is 0 Å². The fourth-order valence-corrected chi connectivity index (χ4v) is 2.55. The number of likely N-dealkylation sites (N-methyl/N-ethyl adjacent to an activating group) is 1. The molecular weight excluding hydrogens is 327 g/mol. The first-order chi connectivity index (χ1) is 11.2. The van der Waals surface area contributed by atoms with E-state index in [4.69, 9.17) is 5.11 Å². The Labute approximate surface area is 136 Å². The topological polar surface area (TPSA) is 72.9 Å². The lowest BCUT2D eigenvalue weighted by Gasteiger charge is -2.32. The van der Waals surface area contributed by atoms with Crippen molar-refractivity contribution in [2.75, 3.05) is 37.0 Å². The van der Waals surface area contributed by atoms with Gasteiger partial charge < -0.3 is 10.4 Å². The van der Waals surface area contributed by atoms with Gasteiger partial charge in [-0.2, -0.15) is 13.2 Å². The van der Waals surface area contributed by atoms with Crippen LogP contribution < -0.4 is 10.2 Å². The zero-order valence-electron chi connectivity index (χ0n) is 13.0. The molecule has 0 bridgehead atoms. The molecule has 2 N–H and O–H groups in total. The Balaban J connectivity index is 2.44. The van der Waals surface area contributed by atoms with E-state index in [0.29, 0.717) is 4.90 Å². The monoisotopic (exact) mass is 345 g/mol. The number of nitrogens with one attached hydrogen (secondary N) is 1. The molecule has 1 aliphatic heterocycles. The first-order valence-electron chi connectivity index (χ1n) is 7.31. The molecule has 1 heterocycles. The summed E-state index contributed by atoms with van der Waals surface area (Å²) in [5.74, 6) is -1.60. The van der Waals surface area contributed by atoms with Crippen LogP contribution in [0.1, 0.15) is 6.42 Å². The highest BCUT2D eigenvalue weighted by atomic mass is 19.4. The van der Waals surface area contributed by atoms with Crippen molar-refractivity contribution in [3.8, 4) is 0 Å². The Hall–Kier alpha value is -2.13. The lowest BCUT2D eigenvalue weighted by Crippen LogP contribution is -2.52. The number of aliphatic hydroxyl groups is 1. The highest BCUT2D eigenvalue weighted by Gasteiger charge is 2.48. The molecule has 0 saturated carbocycles. The van der Waals surface area contributed by atoms with Crippen LogP contribution in [-0.4, -0.2) is 60.8 Å². The van der Waals surface area contributed by atoms with Gasteiger partial charge in [0.25, 0.3) is 0 Å². The second-order valence-electron chi connectivity index (χ2n) is 5.55. The van der Waals surface area contributed by atoms with E-state index >= 15 is 0 Å². The van der Waals surface area contributed by atoms with E-state index in [2.05, 4.69) is 5.32 Å². The quantitative estimate of drug-likeness (QED) is 0.861. The van der Waals surface area contributed by atoms with Crippen LogP contribution in [-0.2, 0) is 9.59 Å². The summed E-state index contributed by atoms with van der Waals surface area (Å²) >= 11 is 0. The minimum Gasteiger partial charge on any atom is -0.395 e. The zero-order valence-corrected chi connectivity index (χ0v) is 13.0. The fraction of sp³-hybridized carbons (Fsp3) is 0.467. The van der Waals surface area contributed by atoms with Gasteiger partial charge in [0.1, 0.15) is 6.04 Å². The van der Waals surface area contributed by atoms with Crippen molar-refractivity contribution in [1.29, 1.82) is 0 Å². The summed E-state index contributed by atoms with van der Waals surface area (Å²) in [7, 11) is 1.52. The molecule has 0 radical (unpaired) electrons. The molecule has 0 saturated heterocycles. The number of rotatable bonds is 4. The number of amides is 2. The van der Waals surface area contributed by atoms with Gasteiger partial charge in [-0.3, -0.25) is 19.4 Å². The molecule has 0 unspecified atom stereocenters. The van der Waals surface area contributed by atoms with Crippen molar-refractivity contribution in [2.45, 2.75) is 18.6 Å².